The van der Waals surface area contributed by atoms with E-state index in [1.165, 1.54) is 38.8 Å². The second kappa shape index (κ2) is 6.98. The standard InChI is InChI=1S/C14H26N2O2/c1-2-18-14(17)16-11-6-7-13(8-12-16)15-9-4-3-5-10-15/h13H,2-12H2,1H3. The van der Waals surface area contributed by atoms with Crippen molar-refractivity contribution in [3.8, 4) is 0 Å². The quantitative estimate of drug-likeness (QED) is 0.759. The Morgan fingerprint density at radius 2 is 1.83 bits per heavy atom. The zero-order valence-corrected chi connectivity index (χ0v) is 11.6. The van der Waals surface area contributed by atoms with E-state index in [9.17, 15) is 4.79 Å². The van der Waals surface area contributed by atoms with Crippen LogP contribution < -0.4 is 0 Å². The van der Waals surface area contributed by atoms with Gasteiger partial charge in [-0.3, -0.25) is 0 Å². The van der Waals surface area contributed by atoms with Gasteiger partial charge in [-0.1, -0.05) is 6.42 Å². The van der Waals surface area contributed by atoms with Crippen LogP contribution in [0.1, 0.15) is 45.4 Å². The van der Waals surface area contributed by atoms with E-state index < -0.39 is 0 Å². The van der Waals surface area contributed by atoms with E-state index in [-0.39, 0.29) is 6.09 Å². The third-order valence-electron chi connectivity index (χ3n) is 4.13. The number of carbonyl (C=O) groups is 1. The van der Waals surface area contributed by atoms with Crippen molar-refractivity contribution in [2.45, 2.75) is 51.5 Å². The minimum atomic E-state index is -0.128. The first-order valence-corrected chi connectivity index (χ1v) is 7.47. The van der Waals surface area contributed by atoms with E-state index in [0.29, 0.717) is 12.6 Å². The first-order valence-electron chi connectivity index (χ1n) is 7.47. The molecular weight excluding hydrogens is 228 g/mol. The molecule has 0 aromatic carbocycles. The monoisotopic (exact) mass is 254 g/mol. The van der Waals surface area contributed by atoms with Crippen molar-refractivity contribution in [2.24, 2.45) is 0 Å². The van der Waals surface area contributed by atoms with Crippen LogP contribution in [0.3, 0.4) is 0 Å². The lowest BCUT2D eigenvalue weighted by Gasteiger charge is -2.34. The molecule has 1 unspecified atom stereocenters. The molecule has 0 bridgehead atoms. The van der Waals surface area contributed by atoms with Gasteiger partial charge in [0.2, 0.25) is 0 Å². The number of hydrogen-bond donors (Lipinski definition) is 0. The van der Waals surface area contributed by atoms with Gasteiger partial charge in [-0.05, 0) is 52.1 Å². The van der Waals surface area contributed by atoms with E-state index >= 15 is 0 Å². The fourth-order valence-corrected chi connectivity index (χ4v) is 3.12. The van der Waals surface area contributed by atoms with Gasteiger partial charge in [0.15, 0.2) is 0 Å². The maximum atomic E-state index is 11.7. The Bertz CT molecular complexity index is 265. The van der Waals surface area contributed by atoms with Crippen molar-refractivity contribution < 1.29 is 9.53 Å². The maximum absolute atomic E-state index is 11.7. The summed E-state index contributed by atoms with van der Waals surface area (Å²) >= 11 is 0. The molecule has 18 heavy (non-hydrogen) atoms. The third-order valence-corrected chi connectivity index (χ3v) is 4.13. The van der Waals surface area contributed by atoms with Crippen LogP contribution in [0, 0.1) is 0 Å². The Hall–Kier alpha value is -0.770. The Kier molecular flexibility index (Phi) is 5.29. The van der Waals surface area contributed by atoms with Crippen LogP contribution in [0.15, 0.2) is 0 Å². The first-order chi connectivity index (χ1) is 8.81. The lowest BCUT2D eigenvalue weighted by atomic mass is 10.0. The fourth-order valence-electron chi connectivity index (χ4n) is 3.12. The summed E-state index contributed by atoms with van der Waals surface area (Å²) in [6.07, 6.45) is 7.40. The number of likely N-dealkylation sites (tertiary alicyclic amines) is 2. The van der Waals surface area contributed by atoms with Crippen molar-refractivity contribution in [3.05, 3.63) is 0 Å². The molecule has 0 N–H and O–H groups in total. The molecule has 2 aliphatic heterocycles. The predicted molar refractivity (Wildman–Crippen MR) is 71.7 cm³/mol. The second-order valence-corrected chi connectivity index (χ2v) is 5.37. The van der Waals surface area contributed by atoms with Crippen molar-refractivity contribution in [2.75, 3.05) is 32.8 Å². The molecule has 2 fully saturated rings. The molecule has 2 heterocycles. The SMILES string of the molecule is CCOC(=O)N1CCCC(N2CCCCC2)CC1. The molecule has 0 saturated carbocycles. The van der Waals surface area contributed by atoms with E-state index in [4.69, 9.17) is 4.74 Å². The molecular formula is C14H26N2O2. The summed E-state index contributed by atoms with van der Waals surface area (Å²) in [5.74, 6) is 0. The second-order valence-electron chi connectivity index (χ2n) is 5.37. The van der Waals surface area contributed by atoms with E-state index in [2.05, 4.69) is 4.90 Å². The van der Waals surface area contributed by atoms with Crippen molar-refractivity contribution in [1.29, 1.82) is 0 Å². The number of nitrogens with zero attached hydrogens (tertiary/aromatic N) is 2. The van der Waals surface area contributed by atoms with Crippen LogP contribution in [-0.2, 0) is 4.74 Å². The van der Waals surface area contributed by atoms with Crippen molar-refractivity contribution in [3.63, 3.8) is 0 Å². The molecule has 2 rings (SSSR count). The fraction of sp³-hybridized carbons (Fsp3) is 0.929. The van der Waals surface area contributed by atoms with Crippen LogP contribution in [-0.4, -0.2) is 54.7 Å². The molecule has 2 saturated heterocycles. The smallest absolute Gasteiger partial charge is 0.409 e. The van der Waals surface area contributed by atoms with Gasteiger partial charge in [0.1, 0.15) is 0 Å². The number of amides is 1. The molecule has 104 valence electrons. The molecule has 0 aliphatic carbocycles. The van der Waals surface area contributed by atoms with E-state index in [0.717, 1.165) is 25.9 Å². The van der Waals surface area contributed by atoms with Crippen molar-refractivity contribution >= 4 is 6.09 Å². The van der Waals surface area contributed by atoms with Crippen LogP contribution in [0.25, 0.3) is 0 Å². The van der Waals surface area contributed by atoms with Gasteiger partial charge in [-0.25, -0.2) is 4.79 Å². The molecule has 0 aromatic heterocycles. The number of carbonyl (C=O) groups excluding carboxylic acids is 1. The predicted octanol–water partition coefficient (Wildman–Crippen LogP) is 2.48. The number of ether oxygens (including phenoxy) is 1. The molecule has 0 spiro atoms. The van der Waals surface area contributed by atoms with E-state index in [1.807, 2.05) is 11.8 Å². The van der Waals surface area contributed by atoms with Gasteiger partial charge in [0.05, 0.1) is 6.61 Å². The van der Waals surface area contributed by atoms with Crippen molar-refractivity contribution in [1.82, 2.24) is 9.80 Å². The molecule has 2 aliphatic rings. The largest absolute Gasteiger partial charge is 0.450 e. The van der Waals surface area contributed by atoms with Crippen LogP contribution in [0.5, 0.6) is 0 Å². The summed E-state index contributed by atoms with van der Waals surface area (Å²) < 4.78 is 5.09. The van der Waals surface area contributed by atoms with Crippen LogP contribution >= 0.6 is 0 Å². The normalized spacial score (nSPS) is 26.7. The average Bonchev–Trinajstić information content (AvgIpc) is 2.66. The summed E-state index contributed by atoms with van der Waals surface area (Å²) in [5, 5.41) is 0. The molecule has 4 nitrogen and oxygen atoms in total. The number of hydrogen-bond acceptors (Lipinski definition) is 3. The Morgan fingerprint density at radius 1 is 1.06 bits per heavy atom. The first kappa shape index (κ1) is 13.7. The van der Waals surface area contributed by atoms with Crippen LogP contribution in [0.4, 0.5) is 4.79 Å². The molecule has 0 radical (unpaired) electrons. The van der Waals surface area contributed by atoms with E-state index in [1.54, 1.807) is 0 Å². The Morgan fingerprint density at radius 3 is 2.56 bits per heavy atom. The lowest BCUT2D eigenvalue weighted by Crippen LogP contribution is -2.40. The highest BCUT2D eigenvalue weighted by Crippen LogP contribution is 2.21. The Labute approximate surface area is 110 Å². The zero-order chi connectivity index (χ0) is 12.8. The van der Waals surface area contributed by atoms with Gasteiger partial charge in [-0.15, -0.1) is 0 Å². The topological polar surface area (TPSA) is 32.8 Å². The maximum Gasteiger partial charge on any atom is 0.409 e. The summed E-state index contributed by atoms with van der Waals surface area (Å²) in [4.78, 5) is 16.2. The summed E-state index contributed by atoms with van der Waals surface area (Å²) in [5.41, 5.74) is 0. The molecule has 0 aromatic rings. The minimum Gasteiger partial charge on any atom is -0.450 e. The highest BCUT2D eigenvalue weighted by Gasteiger charge is 2.25. The lowest BCUT2D eigenvalue weighted by molar-refractivity contribution is 0.106. The van der Waals surface area contributed by atoms with Gasteiger partial charge in [0.25, 0.3) is 0 Å². The summed E-state index contributed by atoms with van der Waals surface area (Å²) in [7, 11) is 0. The molecule has 4 heteroatoms. The Balaban J connectivity index is 1.82. The zero-order valence-electron chi connectivity index (χ0n) is 11.6. The average molecular weight is 254 g/mol. The van der Waals surface area contributed by atoms with Gasteiger partial charge < -0.3 is 14.5 Å². The molecule has 1 atom stereocenters. The van der Waals surface area contributed by atoms with Gasteiger partial charge in [0, 0.05) is 19.1 Å². The minimum absolute atomic E-state index is 0.128. The summed E-state index contributed by atoms with van der Waals surface area (Å²) in [6.45, 7) is 6.58. The summed E-state index contributed by atoms with van der Waals surface area (Å²) in [6, 6.07) is 0.685. The number of piperidine rings is 1. The highest BCUT2D eigenvalue weighted by molar-refractivity contribution is 5.67. The van der Waals surface area contributed by atoms with Crippen LogP contribution in [0.2, 0.25) is 0 Å². The number of rotatable bonds is 2. The molecule has 1 amide bonds. The van der Waals surface area contributed by atoms with Gasteiger partial charge in [-0.2, -0.15) is 0 Å². The third kappa shape index (κ3) is 3.61. The highest BCUT2D eigenvalue weighted by atomic mass is 16.6. The van der Waals surface area contributed by atoms with Gasteiger partial charge >= 0.3 is 6.09 Å².